The summed E-state index contributed by atoms with van der Waals surface area (Å²) in [6.45, 7) is 2.77. The molecule has 4 rings (SSSR count). The second-order valence-corrected chi connectivity index (χ2v) is 7.39. The summed E-state index contributed by atoms with van der Waals surface area (Å²) in [4.78, 5) is 16.1. The second-order valence-electron chi connectivity index (χ2n) is 6.41. The van der Waals surface area contributed by atoms with Gasteiger partial charge in [0.05, 0.1) is 11.7 Å². The second kappa shape index (κ2) is 8.28. The lowest BCUT2D eigenvalue weighted by Gasteiger charge is -2.26. The van der Waals surface area contributed by atoms with Crippen LogP contribution in [0.1, 0.15) is 23.8 Å². The molecule has 0 aliphatic carbocycles. The Kier molecular flexibility index (Phi) is 5.40. The third kappa shape index (κ3) is 4.32. The molecule has 8 nitrogen and oxygen atoms in total. The number of anilines is 1. The Morgan fingerprint density at radius 3 is 2.67 bits per heavy atom. The van der Waals surface area contributed by atoms with Crippen LogP contribution in [0, 0.1) is 0 Å². The summed E-state index contributed by atoms with van der Waals surface area (Å²) >= 11 is 1.74. The van der Waals surface area contributed by atoms with Crippen molar-refractivity contribution in [2.24, 2.45) is 0 Å². The number of carbonyl (C=O) groups is 1. The monoisotopic (exact) mass is 383 g/mol. The van der Waals surface area contributed by atoms with E-state index in [2.05, 4.69) is 48.6 Å². The van der Waals surface area contributed by atoms with E-state index < -0.39 is 0 Å². The summed E-state index contributed by atoms with van der Waals surface area (Å²) in [7, 11) is 0. The van der Waals surface area contributed by atoms with E-state index >= 15 is 0 Å². The van der Waals surface area contributed by atoms with Crippen molar-refractivity contribution in [1.29, 1.82) is 0 Å². The number of urea groups is 1. The molecule has 1 aliphatic heterocycles. The molecule has 27 heavy (non-hydrogen) atoms. The third-order valence-electron chi connectivity index (χ3n) is 4.65. The summed E-state index contributed by atoms with van der Waals surface area (Å²) in [5, 5.41) is 19.1. The van der Waals surface area contributed by atoms with Gasteiger partial charge in [-0.15, -0.1) is 16.4 Å². The minimum atomic E-state index is -0.203. The maximum Gasteiger partial charge on any atom is 0.319 e. The molecular formula is C18H21N7OS. The topological polar surface area (TPSA) is 88.0 Å². The number of carbonyl (C=O) groups excluding carboxylic acids is 1. The normalized spacial score (nSPS) is 15.6. The highest BCUT2D eigenvalue weighted by molar-refractivity contribution is 7.10. The van der Waals surface area contributed by atoms with Crippen molar-refractivity contribution in [1.82, 2.24) is 30.4 Å². The molecular weight excluding hydrogens is 362 g/mol. The van der Waals surface area contributed by atoms with Crippen LogP contribution >= 0.6 is 11.3 Å². The number of hydrogen-bond donors (Lipinski definition) is 2. The molecule has 1 aliphatic rings. The Labute approximate surface area is 161 Å². The van der Waals surface area contributed by atoms with Crippen molar-refractivity contribution in [2.75, 3.05) is 25.0 Å². The molecule has 2 amide bonds. The molecule has 1 aromatic carbocycles. The number of rotatable bonds is 6. The number of nitrogens with one attached hydrogen (secondary N) is 2. The van der Waals surface area contributed by atoms with Crippen LogP contribution in [0.3, 0.4) is 0 Å². The quantitative estimate of drug-likeness (QED) is 0.683. The summed E-state index contributed by atoms with van der Waals surface area (Å²) in [6, 6.07) is 11.6. The zero-order valence-corrected chi connectivity index (χ0v) is 15.6. The van der Waals surface area contributed by atoms with Crippen molar-refractivity contribution >= 4 is 23.1 Å². The Balaban J connectivity index is 1.34. The SMILES string of the molecule is O=C(NCC(c1cccs1)N1CCCC1)Nc1ccc(-n2cnnn2)cc1. The van der Waals surface area contributed by atoms with E-state index in [1.54, 1.807) is 16.0 Å². The highest BCUT2D eigenvalue weighted by atomic mass is 32.1. The molecule has 1 unspecified atom stereocenters. The molecule has 2 N–H and O–H groups in total. The summed E-state index contributed by atoms with van der Waals surface area (Å²) < 4.78 is 1.56. The number of nitrogens with zero attached hydrogens (tertiary/aromatic N) is 5. The molecule has 3 aromatic rings. The van der Waals surface area contributed by atoms with E-state index in [9.17, 15) is 4.79 Å². The molecule has 3 heterocycles. The molecule has 0 saturated carbocycles. The van der Waals surface area contributed by atoms with Gasteiger partial charge in [-0.05, 0) is 72.1 Å². The van der Waals surface area contributed by atoms with Gasteiger partial charge in [0.2, 0.25) is 0 Å². The van der Waals surface area contributed by atoms with Crippen molar-refractivity contribution in [3.05, 3.63) is 53.0 Å². The van der Waals surface area contributed by atoms with E-state index in [4.69, 9.17) is 0 Å². The fourth-order valence-corrected chi connectivity index (χ4v) is 4.15. The minimum absolute atomic E-state index is 0.203. The number of aromatic nitrogens is 4. The predicted molar refractivity (Wildman–Crippen MR) is 104 cm³/mol. The Morgan fingerprint density at radius 2 is 2.00 bits per heavy atom. The molecule has 0 spiro atoms. The van der Waals surface area contributed by atoms with Crippen molar-refractivity contribution < 1.29 is 4.79 Å². The zero-order valence-electron chi connectivity index (χ0n) is 14.8. The first-order valence-electron chi connectivity index (χ1n) is 8.95. The fourth-order valence-electron chi connectivity index (χ4n) is 3.29. The Bertz CT molecular complexity index is 842. The van der Waals surface area contributed by atoms with Gasteiger partial charge in [0, 0.05) is 17.1 Å². The van der Waals surface area contributed by atoms with Gasteiger partial charge in [0.15, 0.2) is 0 Å². The summed E-state index contributed by atoms with van der Waals surface area (Å²) in [5.74, 6) is 0. The van der Waals surface area contributed by atoms with Gasteiger partial charge < -0.3 is 10.6 Å². The maximum absolute atomic E-state index is 12.3. The zero-order chi connectivity index (χ0) is 18.5. The summed E-state index contributed by atoms with van der Waals surface area (Å²) in [5.41, 5.74) is 1.55. The van der Waals surface area contributed by atoms with Crippen molar-refractivity contribution in [3.63, 3.8) is 0 Å². The van der Waals surface area contributed by atoms with E-state index in [-0.39, 0.29) is 12.1 Å². The lowest BCUT2D eigenvalue weighted by atomic mass is 10.2. The third-order valence-corrected chi connectivity index (χ3v) is 5.62. The van der Waals surface area contributed by atoms with E-state index in [1.165, 1.54) is 24.0 Å². The highest BCUT2D eigenvalue weighted by Crippen LogP contribution is 2.27. The van der Waals surface area contributed by atoms with Crippen LogP contribution in [0.2, 0.25) is 0 Å². The van der Waals surface area contributed by atoms with Gasteiger partial charge in [-0.3, -0.25) is 4.90 Å². The smallest absolute Gasteiger partial charge is 0.319 e. The fraction of sp³-hybridized carbons (Fsp3) is 0.333. The first-order chi connectivity index (χ1) is 13.3. The first kappa shape index (κ1) is 17.6. The number of benzene rings is 1. The van der Waals surface area contributed by atoms with Crippen LogP contribution in [0.15, 0.2) is 48.1 Å². The first-order valence-corrected chi connectivity index (χ1v) is 9.83. The Morgan fingerprint density at radius 1 is 1.19 bits per heavy atom. The van der Waals surface area contributed by atoms with Gasteiger partial charge in [-0.25, -0.2) is 9.48 Å². The number of likely N-dealkylation sites (tertiary alicyclic amines) is 1. The van der Waals surface area contributed by atoms with Gasteiger partial charge in [0.25, 0.3) is 0 Å². The van der Waals surface area contributed by atoms with Gasteiger partial charge in [0.1, 0.15) is 6.33 Å². The van der Waals surface area contributed by atoms with Gasteiger partial charge in [-0.1, -0.05) is 6.07 Å². The number of tetrazole rings is 1. The lowest BCUT2D eigenvalue weighted by molar-refractivity contribution is 0.229. The standard InChI is InChI=1S/C18H21N7OS/c26-18(21-14-5-7-15(8-6-14)25-13-20-22-23-25)19-12-16(17-4-3-11-27-17)24-9-1-2-10-24/h3-8,11,13,16H,1-2,9-10,12H2,(H2,19,21,26). The Hall–Kier alpha value is -2.78. The van der Waals surface area contributed by atoms with Gasteiger partial charge in [-0.2, -0.15) is 0 Å². The van der Waals surface area contributed by atoms with E-state index in [0.29, 0.717) is 6.54 Å². The van der Waals surface area contributed by atoms with E-state index in [1.807, 2.05) is 24.3 Å². The molecule has 0 bridgehead atoms. The maximum atomic E-state index is 12.3. The van der Waals surface area contributed by atoms with Crippen LogP contribution in [-0.4, -0.2) is 50.8 Å². The van der Waals surface area contributed by atoms with Crippen LogP contribution in [0.25, 0.3) is 5.69 Å². The molecule has 1 atom stereocenters. The average molecular weight is 383 g/mol. The average Bonchev–Trinajstić information content (AvgIpc) is 3.45. The summed E-state index contributed by atoms with van der Waals surface area (Å²) in [6.07, 6.45) is 3.97. The number of thiophene rings is 1. The molecule has 1 saturated heterocycles. The van der Waals surface area contributed by atoms with Crippen LogP contribution in [0.5, 0.6) is 0 Å². The molecule has 9 heteroatoms. The van der Waals surface area contributed by atoms with Crippen molar-refractivity contribution in [3.8, 4) is 5.69 Å². The molecule has 0 radical (unpaired) electrons. The molecule has 1 fully saturated rings. The number of amides is 2. The van der Waals surface area contributed by atoms with Gasteiger partial charge >= 0.3 is 6.03 Å². The van der Waals surface area contributed by atoms with Crippen LogP contribution < -0.4 is 10.6 Å². The number of hydrogen-bond acceptors (Lipinski definition) is 6. The van der Waals surface area contributed by atoms with E-state index in [0.717, 1.165) is 24.5 Å². The lowest BCUT2D eigenvalue weighted by Crippen LogP contribution is -2.38. The van der Waals surface area contributed by atoms with Crippen LogP contribution in [-0.2, 0) is 0 Å². The van der Waals surface area contributed by atoms with Crippen molar-refractivity contribution in [2.45, 2.75) is 18.9 Å². The largest absolute Gasteiger partial charge is 0.336 e. The minimum Gasteiger partial charge on any atom is -0.336 e. The predicted octanol–water partition coefficient (Wildman–Crippen LogP) is 2.68. The molecule has 140 valence electrons. The van der Waals surface area contributed by atoms with Crippen LogP contribution in [0.4, 0.5) is 10.5 Å². The highest BCUT2D eigenvalue weighted by Gasteiger charge is 2.24. The molecule has 2 aromatic heterocycles.